The summed E-state index contributed by atoms with van der Waals surface area (Å²) in [6.45, 7) is 0.152. The monoisotopic (exact) mass is 359 g/mol. The third kappa shape index (κ3) is 5.05. The van der Waals surface area contributed by atoms with Crippen LogP contribution in [0.4, 0.5) is 4.79 Å². The van der Waals surface area contributed by atoms with E-state index < -0.39 is 12.1 Å². The molecule has 0 aliphatic carbocycles. The van der Waals surface area contributed by atoms with Gasteiger partial charge in [0.2, 0.25) is 0 Å². The highest BCUT2D eigenvalue weighted by Crippen LogP contribution is 2.27. The van der Waals surface area contributed by atoms with Crippen LogP contribution in [-0.4, -0.2) is 18.4 Å². The Morgan fingerprint density at radius 1 is 0.815 bits per heavy atom. The lowest BCUT2D eigenvalue weighted by Gasteiger charge is -2.24. The molecule has 0 spiro atoms. The second kappa shape index (κ2) is 9.34. The number of hydrogen-bond donors (Lipinski definition) is 1. The van der Waals surface area contributed by atoms with E-state index >= 15 is 0 Å². The van der Waals surface area contributed by atoms with Crippen LogP contribution in [0, 0.1) is 0 Å². The summed E-state index contributed by atoms with van der Waals surface area (Å²) in [6.07, 6.45) is 0.141. The second-order valence-electron chi connectivity index (χ2n) is 6.17. The molecule has 0 aliphatic rings. The number of aldehydes is 1. The molecule has 4 heteroatoms. The highest BCUT2D eigenvalue weighted by molar-refractivity contribution is 5.74. The van der Waals surface area contributed by atoms with Crippen molar-refractivity contribution in [1.29, 1.82) is 0 Å². The summed E-state index contributed by atoms with van der Waals surface area (Å²) in [6, 6.07) is 28.0. The zero-order chi connectivity index (χ0) is 18.9. The van der Waals surface area contributed by atoms with Crippen LogP contribution in [0.2, 0.25) is 0 Å². The molecule has 1 N–H and O–H groups in total. The molecule has 0 heterocycles. The van der Waals surface area contributed by atoms with Crippen LogP contribution >= 0.6 is 0 Å². The predicted octanol–water partition coefficient (Wildman–Crippen LogP) is 4.31. The molecule has 27 heavy (non-hydrogen) atoms. The van der Waals surface area contributed by atoms with Crippen molar-refractivity contribution < 1.29 is 14.3 Å². The van der Waals surface area contributed by atoms with Gasteiger partial charge in [-0.1, -0.05) is 91.0 Å². The molecule has 0 radical (unpaired) electrons. The Kier molecular flexibility index (Phi) is 6.36. The summed E-state index contributed by atoms with van der Waals surface area (Å²) in [5, 5.41) is 2.70. The van der Waals surface area contributed by atoms with E-state index in [0.717, 1.165) is 23.0 Å². The summed E-state index contributed by atoms with van der Waals surface area (Å²) < 4.78 is 5.27. The first-order valence-corrected chi connectivity index (χ1v) is 8.80. The van der Waals surface area contributed by atoms with Crippen LogP contribution in [0.15, 0.2) is 91.0 Å². The van der Waals surface area contributed by atoms with Crippen molar-refractivity contribution in [2.75, 3.05) is 0 Å². The molecular formula is C23H21NO3. The lowest BCUT2D eigenvalue weighted by Crippen LogP contribution is -2.41. The Hall–Kier alpha value is -3.40. The fraction of sp³-hybridized carbons (Fsp3) is 0.130. The quantitative estimate of drug-likeness (QED) is 0.640. The van der Waals surface area contributed by atoms with Crippen LogP contribution in [0.3, 0.4) is 0 Å². The average molecular weight is 359 g/mol. The average Bonchev–Trinajstić information content (AvgIpc) is 2.74. The van der Waals surface area contributed by atoms with Crippen LogP contribution in [0.5, 0.6) is 0 Å². The van der Waals surface area contributed by atoms with Crippen molar-refractivity contribution >= 4 is 12.4 Å². The molecule has 0 aliphatic heterocycles. The zero-order valence-electron chi connectivity index (χ0n) is 14.8. The van der Waals surface area contributed by atoms with Crippen molar-refractivity contribution in [3.63, 3.8) is 0 Å². The van der Waals surface area contributed by atoms with E-state index in [1.54, 1.807) is 0 Å². The largest absolute Gasteiger partial charge is 0.445 e. The standard InChI is InChI=1S/C23H21NO3/c25-16-21(24-23(26)27-17-18-10-4-1-5-11-18)22(19-12-6-2-7-13-19)20-14-8-3-9-15-20/h1-16,21-22H,17H2,(H,24,26)/t21-/m1/s1. The number of nitrogens with one attached hydrogen (secondary N) is 1. The van der Waals surface area contributed by atoms with Gasteiger partial charge in [-0.2, -0.15) is 0 Å². The maximum absolute atomic E-state index is 12.3. The highest BCUT2D eigenvalue weighted by Gasteiger charge is 2.26. The summed E-state index contributed by atoms with van der Waals surface area (Å²) in [5.74, 6) is -0.297. The highest BCUT2D eigenvalue weighted by atomic mass is 16.5. The minimum atomic E-state index is -0.738. The van der Waals surface area contributed by atoms with Gasteiger partial charge in [0.25, 0.3) is 0 Å². The maximum Gasteiger partial charge on any atom is 0.408 e. The van der Waals surface area contributed by atoms with Gasteiger partial charge in [-0.3, -0.25) is 0 Å². The molecule has 0 unspecified atom stereocenters. The van der Waals surface area contributed by atoms with Crippen molar-refractivity contribution in [2.24, 2.45) is 0 Å². The fourth-order valence-corrected chi connectivity index (χ4v) is 3.02. The van der Waals surface area contributed by atoms with E-state index in [1.165, 1.54) is 0 Å². The van der Waals surface area contributed by atoms with E-state index in [1.807, 2.05) is 91.0 Å². The molecule has 0 bridgehead atoms. The van der Waals surface area contributed by atoms with Crippen molar-refractivity contribution in [2.45, 2.75) is 18.6 Å². The molecule has 4 nitrogen and oxygen atoms in total. The van der Waals surface area contributed by atoms with Crippen molar-refractivity contribution in [1.82, 2.24) is 5.32 Å². The number of carbonyl (C=O) groups excluding carboxylic acids is 2. The lowest BCUT2D eigenvalue weighted by atomic mass is 9.85. The van der Waals surface area contributed by atoms with Gasteiger partial charge in [0.05, 0.1) is 6.04 Å². The van der Waals surface area contributed by atoms with Crippen molar-refractivity contribution in [3.05, 3.63) is 108 Å². The van der Waals surface area contributed by atoms with E-state index in [0.29, 0.717) is 0 Å². The minimum absolute atomic E-state index is 0.152. The normalized spacial score (nSPS) is 11.6. The van der Waals surface area contributed by atoms with Crippen LogP contribution in [-0.2, 0) is 16.1 Å². The van der Waals surface area contributed by atoms with E-state index in [9.17, 15) is 9.59 Å². The summed E-state index contributed by atoms with van der Waals surface area (Å²) >= 11 is 0. The zero-order valence-corrected chi connectivity index (χ0v) is 14.8. The first-order valence-electron chi connectivity index (χ1n) is 8.80. The number of benzene rings is 3. The van der Waals surface area contributed by atoms with Gasteiger partial charge >= 0.3 is 6.09 Å². The van der Waals surface area contributed by atoms with Crippen LogP contribution in [0.1, 0.15) is 22.6 Å². The Balaban J connectivity index is 1.75. The van der Waals surface area contributed by atoms with Gasteiger partial charge in [0.1, 0.15) is 12.9 Å². The van der Waals surface area contributed by atoms with Gasteiger partial charge in [-0.25, -0.2) is 4.79 Å². The second-order valence-corrected chi connectivity index (χ2v) is 6.17. The van der Waals surface area contributed by atoms with Gasteiger partial charge in [-0.15, -0.1) is 0 Å². The van der Waals surface area contributed by atoms with Gasteiger partial charge in [-0.05, 0) is 16.7 Å². The maximum atomic E-state index is 12.3. The summed E-state index contributed by atoms with van der Waals surface area (Å²) in [5.41, 5.74) is 2.78. The smallest absolute Gasteiger partial charge is 0.408 e. The van der Waals surface area contributed by atoms with Crippen LogP contribution < -0.4 is 5.32 Å². The SMILES string of the molecule is O=C[C@@H](NC(=O)OCc1ccccc1)C(c1ccccc1)c1ccccc1. The topological polar surface area (TPSA) is 55.4 Å². The minimum Gasteiger partial charge on any atom is -0.445 e. The predicted molar refractivity (Wildman–Crippen MR) is 104 cm³/mol. The Morgan fingerprint density at radius 3 is 1.78 bits per heavy atom. The molecule has 3 rings (SSSR count). The lowest BCUT2D eigenvalue weighted by molar-refractivity contribution is -0.109. The summed E-state index contributed by atoms with van der Waals surface area (Å²) in [4.78, 5) is 24.1. The van der Waals surface area contributed by atoms with Gasteiger partial charge < -0.3 is 14.8 Å². The molecule has 0 aromatic heterocycles. The number of ether oxygens (including phenoxy) is 1. The Bertz CT molecular complexity index is 811. The first kappa shape index (κ1) is 18.4. The summed E-state index contributed by atoms with van der Waals surface area (Å²) in [7, 11) is 0. The van der Waals surface area contributed by atoms with Crippen molar-refractivity contribution in [3.8, 4) is 0 Å². The third-order valence-corrected chi connectivity index (χ3v) is 4.32. The molecule has 0 saturated carbocycles. The third-order valence-electron chi connectivity index (χ3n) is 4.32. The molecule has 3 aromatic rings. The van der Waals surface area contributed by atoms with Crippen LogP contribution in [0.25, 0.3) is 0 Å². The molecule has 3 aromatic carbocycles. The van der Waals surface area contributed by atoms with Gasteiger partial charge in [0, 0.05) is 5.92 Å². The molecular weight excluding hydrogens is 338 g/mol. The Labute approximate surface area is 158 Å². The molecule has 0 saturated heterocycles. The molecule has 1 atom stereocenters. The van der Waals surface area contributed by atoms with Gasteiger partial charge in [0.15, 0.2) is 0 Å². The Morgan fingerprint density at radius 2 is 1.30 bits per heavy atom. The van der Waals surface area contributed by atoms with E-state index in [4.69, 9.17) is 4.74 Å². The van der Waals surface area contributed by atoms with E-state index in [2.05, 4.69) is 5.32 Å². The first-order chi connectivity index (χ1) is 13.3. The number of carbonyl (C=O) groups is 2. The number of alkyl carbamates (subject to hydrolysis) is 1. The fourth-order valence-electron chi connectivity index (χ4n) is 3.02. The number of amides is 1. The van der Waals surface area contributed by atoms with E-state index in [-0.39, 0.29) is 12.5 Å². The number of rotatable bonds is 7. The number of hydrogen-bond acceptors (Lipinski definition) is 3. The molecule has 0 fully saturated rings. The molecule has 1 amide bonds. The molecule has 136 valence electrons.